The minimum atomic E-state index is -4.35. The molecule has 146 valence electrons. The van der Waals surface area contributed by atoms with Crippen LogP contribution in [0.1, 0.15) is 29.2 Å². The van der Waals surface area contributed by atoms with E-state index >= 15 is 0 Å². The quantitative estimate of drug-likeness (QED) is 0.664. The summed E-state index contributed by atoms with van der Waals surface area (Å²) in [6, 6.07) is 19.7. The minimum Gasteiger partial charge on any atom is -0.315 e. The van der Waals surface area contributed by atoms with Gasteiger partial charge in [-0.15, -0.1) is 0 Å². The average Bonchev–Trinajstić information content (AvgIpc) is 2.97. The maximum absolute atomic E-state index is 13.4. The summed E-state index contributed by atoms with van der Waals surface area (Å²) < 4.78 is 40.1. The molecule has 2 nitrogen and oxygen atoms in total. The molecule has 1 N–H and O–H groups in total. The van der Waals surface area contributed by atoms with Crippen molar-refractivity contribution in [2.45, 2.75) is 18.6 Å². The van der Waals surface area contributed by atoms with E-state index in [1.54, 1.807) is 0 Å². The predicted molar refractivity (Wildman–Crippen MR) is 106 cm³/mol. The first-order valence-electron chi connectivity index (χ1n) is 9.63. The van der Waals surface area contributed by atoms with Crippen molar-refractivity contribution in [3.8, 4) is 0 Å². The monoisotopic (exact) mass is 384 g/mol. The second-order valence-electron chi connectivity index (χ2n) is 7.23. The molecule has 0 bridgehead atoms. The molecule has 1 atom stereocenters. The molecule has 0 aromatic heterocycles. The van der Waals surface area contributed by atoms with Gasteiger partial charge in [-0.1, -0.05) is 54.6 Å². The second kappa shape index (κ2) is 7.94. The molecule has 0 amide bonds. The molecule has 1 heterocycles. The number of hydrogen-bond donors (Lipinski definition) is 1. The number of hydrogen-bond acceptors (Lipinski definition) is 2. The third-order valence-corrected chi connectivity index (χ3v) is 5.39. The fourth-order valence-corrected chi connectivity index (χ4v) is 4.09. The number of halogens is 3. The van der Waals surface area contributed by atoms with Gasteiger partial charge in [0.2, 0.25) is 0 Å². The Morgan fingerprint density at radius 1 is 0.857 bits per heavy atom. The van der Waals surface area contributed by atoms with Crippen LogP contribution in [0.2, 0.25) is 0 Å². The van der Waals surface area contributed by atoms with E-state index in [1.807, 2.05) is 42.5 Å². The van der Waals surface area contributed by atoms with Crippen LogP contribution in [0.15, 0.2) is 66.7 Å². The molecule has 1 saturated heterocycles. The summed E-state index contributed by atoms with van der Waals surface area (Å²) in [5.41, 5.74) is 1.15. The highest BCUT2D eigenvalue weighted by Gasteiger charge is 2.32. The van der Waals surface area contributed by atoms with Gasteiger partial charge in [-0.05, 0) is 47.0 Å². The first kappa shape index (κ1) is 19.0. The maximum atomic E-state index is 13.4. The third kappa shape index (κ3) is 3.91. The zero-order valence-corrected chi connectivity index (χ0v) is 15.5. The van der Waals surface area contributed by atoms with Crippen molar-refractivity contribution >= 4 is 10.8 Å². The van der Waals surface area contributed by atoms with Crippen LogP contribution >= 0.6 is 0 Å². The SMILES string of the molecule is FC(F)(F)c1cccc(C(c2cccc3ccccc23)N2CCCNCC2)c1. The largest absolute Gasteiger partial charge is 0.416 e. The molecule has 4 rings (SSSR count). The average molecular weight is 384 g/mol. The van der Waals surface area contributed by atoms with Crippen molar-refractivity contribution in [2.75, 3.05) is 26.2 Å². The van der Waals surface area contributed by atoms with Crippen LogP contribution in [0.3, 0.4) is 0 Å². The second-order valence-corrected chi connectivity index (χ2v) is 7.23. The smallest absolute Gasteiger partial charge is 0.315 e. The lowest BCUT2D eigenvalue weighted by Gasteiger charge is -2.32. The number of alkyl halides is 3. The van der Waals surface area contributed by atoms with Gasteiger partial charge in [0.15, 0.2) is 0 Å². The van der Waals surface area contributed by atoms with Gasteiger partial charge in [0.25, 0.3) is 0 Å². The van der Waals surface area contributed by atoms with Crippen molar-refractivity contribution in [3.63, 3.8) is 0 Å². The molecule has 0 spiro atoms. The molecule has 1 aliphatic heterocycles. The van der Waals surface area contributed by atoms with E-state index in [0.717, 1.165) is 55.0 Å². The van der Waals surface area contributed by atoms with E-state index in [1.165, 1.54) is 12.1 Å². The Hall–Kier alpha value is -2.37. The Bertz CT molecular complexity index is 938. The van der Waals surface area contributed by atoms with Crippen LogP contribution in [-0.2, 0) is 6.18 Å². The van der Waals surface area contributed by atoms with Crippen LogP contribution in [0, 0.1) is 0 Å². The Kier molecular flexibility index (Phi) is 5.38. The third-order valence-electron chi connectivity index (χ3n) is 5.39. The van der Waals surface area contributed by atoms with Gasteiger partial charge in [0.05, 0.1) is 11.6 Å². The highest BCUT2D eigenvalue weighted by atomic mass is 19.4. The fourth-order valence-electron chi connectivity index (χ4n) is 4.09. The van der Waals surface area contributed by atoms with Crippen molar-refractivity contribution in [3.05, 3.63) is 83.4 Å². The molecule has 5 heteroatoms. The number of nitrogens with zero attached hydrogens (tertiary/aromatic N) is 1. The minimum absolute atomic E-state index is 0.215. The van der Waals surface area contributed by atoms with Gasteiger partial charge in [-0.25, -0.2) is 0 Å². The molecule has 1 fully saturated rings. The summed E-state index contributed by atoms with van der Waals surface area (Å²) in [6.45, 7) is 3.41. The fraction of sp³-hybridized carbons (Fsp3) is 0.304. The Morgan fingerprint density at radius 3 is 2.50 bits per heavy atom. The molecule has 0 saturated carbocycles. The lowest BCUT2D eigenvalue weighted by Crippen LogP contribution is -2.33. The molecule has 3 aromatic carbocycles. The van der Waals surface area contributed by atoms with Gasteiger partial charge in [0, 0.05) is 19.6 Å². The number of fused-ring (bicyclic) bond motifs is 1. The molecule has 28 heavy (non-hydrogen) atoms. The van der Waals surface area contributed by atoms with Crippen molar-refractivity contribution in [1.82, 2.24) is 10.2 Å². The van der Waals surface area contributed by atoms with Gasteiger partial charge in [-0.3, -0.25) is 4.90 Å². The molecule has 0 radical (unpaired) electrons. The standard InChI is InChI=1S/C23H23F3N2/c24-23(25,26)19-9-3-8-18(16-19)22(28-14-5-12-27-13-15-28)21-11-4-7-17-6-1-2-10-20(17)21/h1-4,6-11,16,22,27H,5,12-15H2. The maximum Gasteiger partial charge on any atom is 0.416 e. The van der Waals surface area contributed by atoms with E-state index < -0.39 is 11.7 Å². The van der Waals surface area contributed by atoms with E-state index in [4.69, 9.17) is 0 Å². The van der Waals surface area contributed by atoms with Gasteiger partial charge < -0.3 is 5.32 Å². The molecule has 0 aliphatic carbocycles. The first-order valence-corrected chi connectivity index (χ1v) is 9.63. The highest BCUT2D eigenvalue weighted by Crippen LogP contribution is 2.37. The van der Waals surface area contributed by atoms with E-state index in [2.05, 4.69) is 16.3 Å². The van der Waals surface area contributed by atoms with Crippen molar-refractivity contribution < 1.29 is 13.2 Å². The van der Waals surface area contributed by atoms with Crippen LogP contribution < -0.4 is 5.32 Å². The molecule has 1 aliphatic rings. The Balaban J connectivity index is 1.87. The Morgan fingerprint density at radius 2 is 1.64 bits per heavy atom. The summed E-state index contributed by atoms with van der Waals surface area (Å²) in [5, 5.41) is 5.58. The number of benzene rings is 3. The first-order chi connectivity index (χ1) is 13.5. The van der Waals surface area contributed by atoms with E-state index in [-0.39, 0.29) is 6.04 Å². The summed E-state index contributed by atoms with van der Waals surface area (Å²) in [4.78, 5) is 2.30. The van der Waals surface area contributed by atoms with Crippen molar-refractivity contribution in [1.29, 1.82) is 0 Å². The summed E-state index contributed by atoms with van der Waals surface area (Å²) in [7, 11) is 0. The topological polar surface area (TPSA) is 15.3 Å². The van der Waals surface area contributed by atoms with E-state index in [0.29, 0.717) is 5.56 Å². The number of rotatable bonds is 3. The summed E-state index contributed by atoms with van der Waals surface area (Å²) >= 11 is 0. The van der Waals surface area contributed by atoms with Gasteiger partial charge in [-0.2, -0.15) is 13.2 Å². The normalized spacial score (nSPS) is 17.4. The molecular weight excluding hydrogens is 361 g/mol. The van der Waals surface area contributed by atoms with Crippen LogP contribution in [0.4, 0.5) is 13.2 Å². The van der Waals surface area contributed by atoms with Crippen LogP contribution in [0.25, 0.3) is 10.8 Å². The Labute approximate surface area is 163 Å². The zero-order chi connectivity index (χ0) is 19.6. The molecule has 3 aromatic rings. The van der Waals surface area contributed by atoms with Crippen molar-refractivity contribution in [2.24, 2.45) is 0 Å². The van der Waals surface area contributed by atoms with Gasteiger partial charge >= 0.3 is 6.18 Å². The van der Waals surface area contributed by atoms with Crippen LogP contribution in [-0.4, -0.2) is 31.1 Å². The summed E-state index contributed by atoms with van der Waals surface area (Å²) in [6.07, 6.45) is -3.38. The highest BCUT2D eigenvalue weighted by molar-refractivity contribution is 5.86. The lowest BCUT2D eigenvalue weighted by atomic mass is 9.91. The number of nitrogens with one attached hydrogen (secondary N) is 1. The lowest BCUT2D eigenvalue weighted by molar-refractivity contribution is -0.137. The van der Waals surface area contributed by atoms with Crippen LogP contribution in [0.5, 0.6) is 0 Å². The predicted octanol–water partition coefficient (Wildman–Crippen LogP) is 5.24. The summed E-state index contributed by atoms with van der Waals surface area (Å²) in [5.74, 6) is 0. The molecular formula is C23H23F3N2. The zero-order valence-electron chi connectivity index (χ0n) is 15.5. The van der Waals surface area contributed by atoms with E-state index in [9.17, 15) is 13.2 Å². The van der Waals surface area contributed by atoms with Gasteiger partial charge in [0.1, 0.15) is 0 Å². The molecule has 1 unspecified atom stereocenters.